The Bertz CT molecular complexity index is 1640. The lowest BCUT2D eigenvalue weighted by molar-refractivity contribution is 0.0685. The van der Waals surface area contributed by atoms with Crippen LogP contribution in [0.5, 0.6) is 11.5 Å². The molecule has 202 valence electrons. The van der Waals surface area contributed by atoms with Crippen LogP contribution in [0.2, 0.25) is 10.0 Å². The standard InChI is InChI=1S/C22H18Cl2N2O10S2/c1-35-16-5-3-11(21(27)28)7-18(16)37(31,32)25-13-9-14(23)20(15(24)10-13)26-38(33,34)19-8-12(22(29)30)4-6-17(19)36-2/h3-10,25-26H,1-2H3,(H,27,28)(H,29,30). The number of sulfonamides is 2. The van der Waals surface area contributed by atoms with Gasteiger partial charge in [-0.3, -0.25) is 9.44 Å². The number of methoxy groups -OCH3 is 2. The fourth-order valence-corrected chi connectivity index (χ4v) is 6.40. The Kier molecular flexibility index (Phi) is 8.31. The summed E-state index contributed by atoms with van der Waals surface area (Å²) in [5.41, 5.74) is -1.15. The number of hydrogen-bond donors (Lipinski definition) is 4. The number of carbonyl (C=O) groups is 2. The van der Waals surface area contributed by atoms with Crippen molar-refractivity contribution < 1.29 is 46.1 Å². The van der Waals surface area contributed by atoms with Gasteiger partial charge in [-0.25, -0.2) is 26.4 Å². The quantitative estimate of drug-likeness (QED) is 0.263. The summed E-state index contributed by atoms with van der Waals surface area (Å²) in [6.45, 7) is 0. The maximum absolute atomic E-state index is 13.0. The summed E-state index contributed by atoms with van der Waals surface area (Å²) in [6, 6.07) is 8.54. The Balaban J connectivity index is 1.99. The molecule has 0 saturated heterocycles. The van der Waals surface area contributed by atoms with Crippen molar-refractivity contribution in [1.82, 2.24) is 0 Å². The molecule has 38 heavy (non-hydrogen) atoms. The fraction of sp³-hybridized carbons (Fsp3) is 0.0909. The smallest absolute Gasteiger partial charge is 0.335 e. The number of anilines is 2. The van der Waals surface area contributed by atoms with E-state index in [1.807, 2.05) is 0 Å². The predicted molar refractivity (Wildman–Crippen MR) is 138 cm³/mol. The second-order valence-electron chi connectivity index (χ2n) is 7.37. The van der Waals surface area contributed by atoms with E-state index < -0.39 is 41.8 Å². The zero-order chi connectivity index (χ0) is 28.4. The van der Waals surface area contributed by atoms with Gasteiger partial charge in [0.1, 0.15) is 21.3 Å². The summed E-state index contributed by atoms with van der Waals surface area (Å²) in [6.07, 6.45) is 0. The molecule has 0 aliphatic rings. The average molecular weight is 605 g/mol. The minimum absolute atomic E-state index is 0.137. The molecule has 0 aliphatic carbocycles. The number of hydrogen-bond acceptors (Lipinski definition) is 8. The van der Waals surface area contributed by atoms with Gasteiger partial charge in [0, 0.05) is 0 Å². The number of aromatic carboxylic acids is 2. The molecule has 0 aliphatic heterocycles. The molecule has 16 heteroatoms. The first kappa shape index (κ1) is 28.8. The first-order valence-electron chi connectivity index (χ1n) is 10.1. The summed E-state index contributed by atoms with van der Waals surface area (Å²) < 4.78 is 66.4. The predicted octanol–water partition coefficient (Wildman–Crippen LogP) is 4.01. The molecule has 0 amide bonds. The van der Waals surface area contributed by atoms with Crippen LogP contribution < -0.4 is 18.9 Å². The molecule has 0 heterocycles. The monoisotopic (exact) mass is 604 g/mol. The summed E-state index contributed by atoms with van der Waals surface area (Å²) in [4.78, 5) is 21.6. The van der Waals surface area contributed by atoms with Crippen molar-refractivity contribution in [2.24, 2.45) is 0 Å². The largest absolute Gasteiger partial charge is 0.495 e. The Labute approximate surface area is 226 Å². The minimum Gasteiger partial charge on any atom is -0.495 e. The lowest BCUT2D eigenvalue weighted by atomic mass is 10.2. The van der Waals surface area contributed by atoms with Gasteiger partial charge in [0.25, 0.3) is 20.0 Å². The Morgan fingerprint density at radius 3 is 1.47 bits per heavy atom. The van der Waals surface area contributed by atoms with E-state index in [2.05, 4.69) is 9.44 Å². The summed E-state index contributed by atoms with van der Waals surface area (Å²) >= 11 is 12.4. The first-order valence-corrected chi connectivity index (χ1v) is 13.8. The van der Waals surface area contributed by atoms with Gasteiger partial charge in [0.2, 0.25) is 0 Å². The minimum atomic E-state index is -4.49. The van der Waals surface area contributed by atoms with Crippen molar-refractivity contribution in [2.45, 2.75) is 9.79 Å². The Hall–Kier alpha value is -3.72. The topological polar surface area (TPSA) is 185 Å². The molecule has 0 spiro atoms. The van der Waals surface area contributed by atoms with Crippen molar-refractivity contribution in [3.8, 4) is 11.5 Å². The van der Waals surface area contributed by atoms with E-state index in [-0.39, 0.29) is 44.0 Å². The molecular weight excluding hydrogens is 587 g/mol. The molecule has 3 aromatic rings. The molecular formula is C22H18Cl2N2O10S2. The van der Waals surface area contributed by atoms with Crippen LogP contribution in [-0.4, -0.2) is 53.2 Å². The molecule has 12 nitrogen and oxygen atoms in total. The zero-order valence-corrected chi connectivity index (χ0v) is 22.5. The van der Waals surface area contributed by atoms with Crippen LogP contribution in [-0.2, 0) is 20.0 Å². The second-order valence-corrected chi connectivity index (χ2v) is 11.5. The fourth-order valence-electron chi connectivity index (χ4n) is 3.17. The normalized spacial score (nSPS) is 11.5. The van der Waals surface area contributed by atoms with Crippen molar-refractivity contribution in [2.75, 3.05) is 23.7 Å². The highest BCUT2D eigenvalue weighted by Gasteiger charge is 2.26. The lowest BCUT2D eigenvalue weighted by Gasteiger charge is -2.16. The molecule has 0 bridgehead atoms. The van der Waals surface area contributed by atoms with Gasteiger partial charge in [-0.2, -0.15) is 0 Å². The number of rotatable bonds is 10. The third-order valence-electron chi connectivity index (χ3n) is 4.93. The maximum Gasteiger partial charge on any atom is 0.335 e. The summed E-state index contributed by atoms with van der Waals surface area (Å²) in [5, 5.41) is 17.8. The van der Waals surface area contributed by atoms with Crippen LogP contribution in [0.1, 0.15) is 20.7 Å². The van der Waals surface area contributed by atoms with Gasteiger partial charge in [-0.15, -0.1) is 0 Å². The van der Waals surface area contributed by atoms with Crippen LogP contribution in [0, 0.1) is 0 Å². The highest BCUT2D eigenvalue weighted by Crippen LogP contribution is 2.38. The molecule has 0 aromatic heterocycles. The van der Waals surface area contributed by atoms with Crippen molar-refractivity contribution in [3.05, 3.63) is 69.7 Å². The molecule has 3 aromatic carbocycles. The Morgan fingerprint density at radius 2 is 1.11 bits per heavy atom. The van der Waals surface area contributed by atoms with Crippen molar-refractivity contribution in [3.63, 3.8) is 0 Å². The van der Waals surface area contributed by atoms with E-state index in [1.54, 1.807) is 0 Å². The highest BCUT2D eigenvalue weighted by molar-refractivity contribution is 7.93. The van der Waals surface area contributed by atoms with Crippen LogP contribution >= 0.6 is 23.2 Å². The first-order chi connectivity index (χ1) is 17.7. The number of ether oxygens (including phenoxy) is 2. The van der Waals surface area contributed by atoms with Gasteiger partial charge < -0.3 is 19.7 Å². The third-order valence-corrected chi connectivity index (χ3v) is 8.30. The summed E-state index contributed by atoms with van der Waals surface area (Å²) in [7, 11) is -6.52. The number of nitrogens with one attached hydrogen (secondary N) is 2. The highest BCUT2D eigenvalue weighted by atomic mass is 35.5. The number of benzene rings is 3. The third kappa shape index (κ3) is 6.05. The molecule has 0 saturated carbocycles. The van der Waals surface area contributed by atoms with E-state index >= 15 is 0 Å². The molecule has 0 unspecified atom stereocenters. The van der Waals surface area contributed by atoms with Crippen molar-refractivity contribution in [1.29, 1.82) is 0 Å². The van der Waals surface area contributed by atoms with E-state index in [9.17, 15) is 36.6 Å². The van der Waals surface area contributed by atoms with Gasteiger partial charge in [-0.1, -0.05) is 23.2 Å². The van der Waals surface area contributed by atoms with Gasteiger partial charge in [-0.05, 0) is 48.5 Å². The maximum atomic E-state index is 13.0. The molecule has 3 rings (SSSR count). The number of halogens is 2. The van der Waals surface area contributed by atoms with Crippen molar-refractivity contribution >= 4 is 66.6 Å². The Morgan fingerprint density at radius 1 is 0.711 bits per heavy atom. The van der Waals surface area contributed by atoms with Crippen LogP contribution in [0.25, 0.3) is 0 Å². The van der Waals surface area contributed by atoms with E-state index in [4.69, 9.17) is 32.7 Å². The van der Waals surface area contributed by atoms with E-state index in [0.29, 0.717) is 0 Å². The van der Waals surface area contributed by atoms with Gasteiger partial charge in [0.05, 0.1) is 46.8 Å². The zero-order valence-electron chi connectivity index (χ0n) is 19.4. The second kappa shape index (κ2) is 10.9. The van der Waals surface area contributed by atoms with Gasteiger partial charge in [0.15, 0.2) is 0 Å². The SMILES string of the molecule is COc1ccc(C(=O)O)cc1S(=O)(=O)Nc1cc(Cl)c(NS(=O)(=O)c2cc(C(=O)O)ccc2OC)c(Cl)c1. The molecule has 0 radical (unpaired) electrons. The van der Waals surface area contributed by atoms with Crippen LogP contribution in [0.15, 0.2) is 58.3 Å². The molecule has 4 N–H and O–H groups in total. The van der Waals surface area contributed by atoms with E-state index in [1.165, 1.54) is 20.3 Å². The van der Waals surface area contributed by atoms with E-state index in [0.717, 1.165) is 42.5 Å². The average Bonchev–Trinajstić information content (AvgIpc) is 2.85. The van der Waals surface area contributed by atoms with Crippen LogP contribution in [0.3, 0.4) is 0 Å². The van der Waals surface area contributed by atoms with Crippen LogP contribution in [0.4, 0.5) is 11.4 Å². The summed E-state index contributed by atoms with van der Waals surface area (Å²) in [5.74, 6) is -3.03. The number of carboxylic acids is 2. The van der Waals surface area contributed by atoms with Gasteiger partial charge >= 0.3 is 11.9 Å². The molecule has 0 fully saturated rings. The number of carboxylic acid groups (broad SMARTS) is 2. The lowest BCUT2D eigenvalue weighted by Crippen LogP contribution is -2.17. The molecule has 0 atom stereocenters.